The Balaban J connectivity index is 2.24. The fourth-order valence-corrected chi connectivity index (χ4v) is 3.32. The van der Waals surface area contributed by atoms with Gasteiger partial charge in [-0.05, 0) is 49.9 Å². The lowest BCUT2D eigenvalue weighted by Gasteiger charge is -2.35. The van der Waals surface area contributed by atoms with E-state index in [1.165, 1.54) is 25.7 Å². The largest absolute Gasteiger partial charge is 0.393 e. The highest BCUT2D eigenvalue weighted by molar-refractivity contribution is 5.76. The summed E-state index contributed by atoms with van der Waals surface area (Å²) in [7, 11) is 0. The minimum atomic E-state index is -0.286. The average Bonchev–Trinajstić information content (AvgIpc) is 2.24. The molecule has 1 aliphatic carbocycles. The molecule has 1 amide bonds. The Hall–Kier alpha value is -0.570. The van der Waals surface area contributed by atoms with Gasteiger partial charge in [-0.3, -0.25) is 4.79 Å². The normalized spacial score (nSPS) is 25.6. The third-order valence-corrected chi connectivity index (χ3v) is 4.17. The van der Waals surface area contributed by atoms with E-state index in [9.17, 15) is 9.90 Å². The summed E-state index contributed by atoms with van der Waals surface area (Å²) < 4.78 is 0. The van der Waals surface area contributed by atoms with Crippen LogP contribution in [-0.2, 0) is 4.79 Å². The Labute approximate surface area is 118 Å². The molecule has 3 unspecified atom stereocenters. The molecule has 0 aliphatic heterocycles. The maximum Gasteiger partial charge on any atom is 0.220 e. The number of aliphatic hydroxyl groups is 1. The lowest BCUT2D eigenvalue weighted by atomic mass is 9.71. The molecule has 3 heteroatoms. The zero-order valence-electron chi connectivity index (χ0n) is 13.0. The van der Waals surface area contributed by atoms with Gasteiger partial charge in [-0.15, -0.1) is 0 Å². The van der Waals surface area contributed by atoms with Crippen molar-refractivity contribution in [3.8, 4) is 0 Å². The van der Waals surface area contributed by atoms with Gasteiger partial charge in [-0.2, -0.15) is 0 Å². The summed E-state index contributed by atoms with van der Waals surface area (Å²) in [6.07, 6.45) is 6.04. The molecule has 3 atom stereocenters. The number of carbonyl (C=O) groups excluding carboxylic acids is 1. The molecular weight excluding hydrogens is 238 g/mol. The predicted octanol–water partition coefficient (Wildman–Crippen LogP) is 3.12. The summed E-state index contributed by atoms with van der Waals surface area (Å²) in [6, 6.07) is 0. The third kappa shape index (κ3) is 6.95. The summed E-state index contributed by atoms with van der Waals surface area (Å²) in [6.45, 7) is 9.16. The zero-order valence-corrected chi connectivity index (χ0v) is 13.0. The van der Waals surface area contributed by atoms with Crippen molar-refractivity contribution < 1.29 is 9.90 Å². The molecule has 112 valence electrons. The molecular formula is C16H31NO2. The summed E-state index contributed by atoms with van der Waals surface area (Å²) in [5, 5.41) is 12.3. The van der Waals surface area contributed by atoms with E-state index in [0.717, 1.165) is 6.42 Å². The van der Waals surface area contributed by atoms with Gasteiger partial charge >= 0.3 is 0 Å². The van der Waals surface area contributed by atoms with Crippen LogP contribution in [0.5, 0.6) is 0 Å². The molecule has 1 saturated carbocycles. The number of amides is 1. The first kappa shape index (κ1) is 16.5. The van der Waals surface area contributed by atoms with Crippen LogP contribution < -0.4 is 5.32 Å². The molecule has 0 bridgehead atoms. The van der Waals surface area contributed by atoms with Crippen LogP contribution in [0.4, 0.5) is 0 Å². The van der Waals surface area contributed by atoms with Crippen LogP contribution in [-0.4, -0.2) is 23.7 Å². The molecule has 0 aromatic heterocycles. The molecule has 0 heterocycles. The highest BCUT2D eigenvalue weighted by atomic mass is 16.3. The highest BCUT2D eigenvalue weighted by Gasteiger charge is 2.29. The second-order valence-corrected chi connectivity index (χ2v) is 7.32. The van der Waals surface area contributed by atoms with E-state index in [1.807, 2.05) is 0 Å². The SMILES string of the molecule is CC(O)CC(C)CNC(=O)CC1CCCC(C)(C)C1. The van der Waals surface area contributed by atoms with Crippen molar-refractivity contribution in [1.29, 1.82) is 0 Å². The van der Waals surface area contributed by atoms with Gasteiger partial charge < -0.3 is 10.4 Å². The van der Waals surface area contributed by atoms with Crippen LogP contribution in [0.1, 0.15) is 66.2 Å². The van der Waals surface area contributed by atoms with Crippen LogP contribution in [0, 0.1) is 17.3 Å². The molecule has 3 nitrogen and oxygen atoms in total. The number of hydrogen-bond donors (Lipinski definition) is 2. The summed E-state index contributed by atoms with van der Waals surface area (Å²) in [5.74, 6) is 1.07. The first-order chi connectivity index (χ1) is 8.78. The van der Waals surface area contributed by atoms with E-state index in [0.29, 0.717) is 30.2 Å². The van der Waals surface area contributed by atoms with Crippen LogP contribution in [0.15, 0.2) is 0 Å². The third-order valence-electron chi connectivity index (χ3n) is 4.17. The molecule has 1 rings (SSSR count). The molecule has 0 saturated heterocycles. The van der Waals surface area contributed by atoms with Crippen molar-refractivity contribution in [2.45, 2.75) is 72.3 Å². The predicted molar refractivity (Wildman–Crippen MR) is 78.8 cm³/mol. The van der Waals surface area contributed by atoms with Crippen molar-refractivity contribution in [2.24, 2.45) is 17.3 Å². The van der Waals surface area contributed by atoms with E-state index in [2.05, 4.69) is 26.1 Å². The van der Waals surface area contributed by atoms with Crippen LogP contribution >= 0.6 is 0 Å². The molecule has 1 fully saturated rings. The molecule has 0 spiro atoms. The number of hydrogen-bond acceptors (Lipinski definition) is 2. The van der Waals surface area contributed by atoms with E-state index in [-0.39, 0.29) is 12.0 Å². The Morgan fingerprint density at radius 3 is 2.68 bits per heavy atom. The van der Waals surface area contributed by atoms with E-state index >= 15 is 0 Å². The topological polar surface area (TPSA) is 49.3 Å². The van der Waals surface area contributed by atoms with Crippen molar-refractivity contribution in [3.63, 3.8) is 0 Å². The molecule has 19 heavy (non-hydrogen) atoms. The van der Waals surface area contributed by atoms with Crippen molar-refractivity contribution in [2.75, 3.05) is 6.54 Å². The Kier molecular flexibility index (Phi) is 6.31. The van der Waals surface area contributed by atoms with Crippen LogP contribution in [0.2, 0.25) is 0 Å². The number of rotatable bonds is 6. The Morgan fingerprint density at radius 1 is 1.42 bits per heavy atom. The second kappa shape index (κ2) is 7.28. The van der Waals surface area contributed by atoms with Crippen molar-refractivity contribution in [3.05, 3.63) is 0 Å². The van der Waals surface area contributed by atoms with Crippen molar-refractivity contribution in [1.82, 2.24) is 5.32 Å². The number of carbonyl (C=O) groups is 1. The fraction of sp³-hybridized carbons (Fsp3) is 0.938. The standard InChI is InChI=1S/C16H31NO2/c1-12(8-13(2)18)11-17-15(19)9-14-6-5-7-16(3,4)10-14/h12-14,18H,5-11H2,1-4H3,(H,17,19). The maximum atomic E-state index is 11.9. The average molecular weight is 269 g/mol. The van der Waals surface area contributed by atoms with E-state index < -0.39 is 0 Å². The number of aliphatic hydroxyl groups excluding tert-OH is 1. The minimum Gasteiger partial charge on any atom is -0.393 e. The van der Waals surface area contributed by atoms with Gasteiger partial charge in [0.05, 0.1) is 6.10 Å². The van der Waals surface area contributed by atoms with Gasteiger partial charge in [0.25, 0.3) is 0 Å². The first-order valence-electron chi connectivity index (χ1n) is 7.73. The summed E-state index contributed by atoms with van der Waals surface area (Å²) >= 11 is 0. The van der Waals surface area contributed by atoms with Gasteiger partial charge in [0.15, 0.2) is 0 Å². The lowest BCUT2D eigenvalue weighted by Crippen LogP contribution is -2.32. The second-order valence-electron chi connectivity index (χ2n) is 7.32. The van der Waals surface area contributed by atoms with Crippen LogP contribution in [0.25, 0.3) is 0 Å². The Morgan fingerprint density at radius 2 is 2.11 bits per heavy atom. The minimum absolute atomic E-state index is 0.181. The Bertz CT molecular complexity index is 286. The van der Waals surface area contributed by atoms with Crippen molar-refractivity contribution >= 4 is 5.91 Å². The van der Waals surface area contributed by atoms with Gasteiger partial charge in [0.2, 0.25) is 5.91 Å². The monoisotopic (exact) mass is 269 g/mol. The molecule has 0 aromatic rings. The number of nitrogens with one attached hydrogen (secondary N) is 1. The van der Waals surface area contributed by atoms with Gasteiger partial charge in [-0.25, -0.2) is 0 Å². The van der Waals surface area contributed by atoms with E-state index in [4.69, 9.17) is 0 Å². The van der Waals surface area contributed by atoms with Crippen LogP contribution in [0.3, 0.4) is 0 Å². The molecule has 1 aliphatic rings. The molecule has 0 aromatic carbocycles. The van der Waals surface area contributed by atoms with Gasteiger partial charge in [-0.1, -0.05) is 27.2 Å². The fourth-order valence-electron chi connectivity index (χ4n) is 3.32. The quantitative estimate of drug-likeness (QED) is 0.778. The smallest absolute Gasteiger partial charge is 0.220 e. The maximum absolute atomic E-state index is 11.9. The highest BCUT2D eigenvalue weighted by Crippen LogP contribution is 2.39. The lowest BCUT2D eigenvalue weighted by molar-refractivity contribution is -0.122. The van der Waals surface area contributed by atoms with Gasteiger partial charge in [0.1, 0.15) is 0 Å². The summed E-state index contributed by atoms with van der Waals surface area (Å²) in [4.78, 5) is 11.9. The molecule has 0 radical (unpaired) electrons. The molecule has 2 N–H and O–H groups in total. The zero-order chi connectivity index (χ0) is 14.5. The summed E-state index contributed by atoms with van der Waals surface area (Å²) in [5.41, 5.74) is 0.406. The first-order valence-corrected chi connectivity index (χ1v) is 7.73. The van der Waals surface area contributed by atoms with Gasteiger partial charge in [0, 0.05) is 13.0 Å². The van der Waals surface area contributed by atoms with E-state index in [1.54, 1.807) is 6.92 Å².